The zero-order valence-corrected chi connectivity index (χ0v) is 11.6. The summed E-state index contributed by atoms with van der Waals surface area (Å²) in [5.41, 5.74) is 5.89. The van der Waals surface area contributed by atoms with E-state index in [0.29, 0.717) is 11.8 Å². The summed E-state index contributed by atoms with van der Waals surface area (Å²) in [6.45, 7) is 5.02. The summed E-state index contributed by atoms with van der Waals surface area (Å²) in [4.78, 5) is 0. The molecule has 3 atom stereocenters. The average molecular weight is 253 g/mol. The smallest absolute Gasteiger partial charge is 0.118 e. The SMILES string of the molecule is Cc1ccc(C(CN)SC2CCCC(C)C2)o1. The number of rotatable bonds is 4. The number of hydrogen-bond acceptors (Lipinski definition) is 3. The first kappa shape index (κ1) is 13.0. The van der Waals surface area contributed by atoms with Crippen LogP contribution in [0.4, 0.5) is 0 Å². The van der Waals surface area contributed by atoms with E-state index >= 15 is 0 Å². The average Bonchev–Trinajstić information content (AvgIpc) is 2.73. The van der Waals surface area contributed by atoms with Crippen LogP contribution in [0.2, 0.25) is 0 Å². The van der Waals surface area contributed by atoms with Crippen molar-refractivity contribution in [2.75, 3.05) is 6.54 Å². The number of furan rings is 1. The van der Waals surface area contributed by atoms with Crippen LogP contribution in [0.5, 0.6) is 0 Å². The summed E-state index contributed by atoms with van der Waals surface area (Å²) >= 11 is 2.02. The lowest BCUT2D eigenvalue weighted by atomic mass is 9.91. The second kappa shape index (κ2) is 5.96. The zero-order chi connectivity index (χ0) is 12.3. The summed E-state index contributed by atoms with van der Waals surface area (Å²) in [6, 6.07) is 4.11. The number of hydrogen-bond donors (Lipinski definition) is 1. The number of aryl methyl sites for hydroxylation is 1. The predicted molar refractivity (Wildman–Crippen MR) is 74.3 cm³/mol. The molecule has 0 spiro atoms. The molecule has 3 unspecified atom stereocenters. The van der Waals surface area contributed by atoms with Crippen LogP contribution in [0.15, 0.2) is 16.5 Å². The molecule has 0 amide bonds. The van der Waals surface area contributed by atoms with Crippen LogP contribution < -0.4 is 5.73 Å². The third kappa shape index (κ3) is 3.52. The third-order valence-electron chi connectivity index (χ3n) is 3.54. The second-order valence-electron chi connectivity index (χ2n) is 5.20. The molecule has 2 N–H and O–H groups in total. The van der Waals surface area contributed by atoms with Gasteiger partial charge >= 0.3 is 0 Å². The van der Waals surface area contributed by atoms with E-state index in [-0.39, 0.29) is 0 Å². The standard InChI is InChI=1S/C14H23NOS/c1-10-4-3-5-12(8-10)17-14(9-15)13-7-6-11(2)16-13/h6-7,10,12,14H,3-5,8-9,15H2,1-2H3. The van der Waals surface area contributed by atoms with Crippen LogP contribution >= 0.6 is 11.8 Å². The molecular formula is C14H23NOS. The van der Waals surface area contributed by atoms with Gasteiger partial charge < -0.3 is 10.2 Å². The Bertz CT molecular complexity index is 350. The normalized spacial score (nSPS) is 27.0. The van der Waals surface area contributed by atoms with Crippen LogP contribution in [0.1, 0.15) is 49.4 Å². The van der Waals surface area contributed by atoms with Crippen LogP contribution in [0.3, 0.4) is 0 Å². The lowest BCUT2D eigenvalue weighted by Gasteiger charge is -2.28. The molecular weight excluding hydrogens is 230 g/mol. The van der Waals surface area contributed by atoms with Crippen molar-refractivity contribution in [1.29, 1.82) is 0 Å². The van der Waals surface area contributed by atoms with Crippen molar-refractivity contribution < 1.29 is 4.42 Å². The van der Waals surface area contributed by atoms with E-state index in [0.717, 1.165) is 22.7 Å². The van der Waals surface area contributed by atoms with Gasteiger partial charge in [0, 0.05) is 11.8 Å². The maximum atomic E-state index is 5.89. The molecule has 2 nitrogen and oxygen atoms in total. The maximum Gasteiger partial charge on any atom is 0.118 e. The van der Waals surface area contributed by atoms with Gasteiger partial charge in [0.05, 0.1) is 5.25 Å². The molecule has 1 aliphatic rings. The summed E-state index contributed by atoms with van der Waals surface area (Å²) < 4.78 is 5.70. The van der Waals surface area contributed by atoms with E-state index in [1.807, 2.05) is 24.8 Å². The fourth-order valence-electron chi connectivity index (χ4n) is 2.60. The fraction of sp³-hybridized carbons (Fsp3) is 0.714. The Kier molecular flexibility index (Phi) is 4.57. The molecule has 1 heterocycles. The van der Waals surface area contributed by atoms with Gasteiger partial charge in [0.15, 0.2) is 0 Å². The topological polar surface area (TPSA) is 39.2 Å². The van der Waals surface area contributed by atoms with Crippen LogP contribution in [0.25, 0.3) is 0 Å². The van der Waals surface area contributed by atoms with Gasteiger partial charge in [-0.25, -0.2) is 0 Å². The molecule has 1 saturated carbocycles. The summed E-state index contributed by atoms with van der Waals surface area (Å²) in [6.07, 6.45) is 5.43. The van der Waals surface area contributed by atoms with Crippen LogP contribution in [0, 0.1) is 12.8 Å². The van der Waals surface area contributed by atoms with E-state index in [1.165, 1.54) is 25.7 Å². The van der Waals surface area contributed by atoms with Gasteiger partial charge in [-0.3, -0.25) is 0 Å². The summed E-state index contributed by atoms with van der Waals surface area (Å²) in [5, 5.41) is 1.09. The Morgan fingerprint density at radius 1 is 1.47 bits per heavy atom. The molecule has 0 aromatic carbocycles. The largest absolute Gasteiger partial charge is 0.465 e. The second-order valence-corrected chi connectivity index (χ2v) is 6.71. The van der Waals surface area contributed by atoms with Crippen LogP contribution in [-0.2, 0) is 0 Å². The van der Waals surface area contributed by atoms with Crippen molar-refractivity contribution in [2.45, 2.75) is 50.0 Å². The molecule has 0 saturated heterocycles. The fourth-order valence-corrected chi connectivity index (χ4v) is 4.18. The Morgan fingerprint density at radius 2 is 2.29 bits per heavy atom. The minimum Gasteiger partial charge on any atom is -0.465 e. The maximum absolute atomic E-state index is 5.89. The molecule has 0 bridgehead atoms. The Labute approximate surface area is 108 Å². The molecule has 0 aliphatic heterocycles. The lowest BCUT2D eigenvalue weighted by molar-refractivity contribution is 0.392. The van der Waals surface area contributed by atoms with Gasteiger partial charge in [-0.2, -0.15) is 0 Å². The first-order chi connectivity index (χ1) is 8.19. The van der Waals surface area contributed by atoms with Gasteiger partial charge in [0.25, 0.3) is 0 Å². The van der Waals surface area contributed by atoms with Crippen LogP contribution in [-0.4, -0.2) is 11.8 Å². The Morgan fingerprint density at radius 3 is 2.88 bits per heavy atom. The van der Waals surface area contributed by atoms with Gasteiger partial charge in [-0.1, -0.05) is 19.8 Å². The Balaban J connectivity index is 1.95. The minimum absolute atomic E-state index is 0.332. The van der Waals surface area contributed by atoms with E-state index in [9.17, 15) is 0 Å². The lowest BCUT2D eigenvalue weighted by Crippen LogP contribution is -2.19. The van der Waals surface area contributed by atoms with Gasteiger partial charge in [0.1, 0.15) is 11.5 Å². The monoisotopic (exact) mass is 253 g/mol. The van der Waals surface area contributed by atoms with Crippen molar-refractivity contribution in [3.63, 3.8) is 0 Å². The number of nitrogens with two attached hydrogens (primary N) is 1. The minimum atomic E-state index is 0.332. The highest BCUT2D eigenvalue weighted by atomic mass is 32.2. The molecule has 1 aromatic heterocycles. The number of thioether (sulfide) groups is 1. The first-order valence-corrected chi connectivity index (χ1v) is 7.55. The quantitative estimate of drug-likeness (QED) is 0.884. The molecule has 1 aliphatic carbocycles. The van der Waals surface area contributed by atoms with Gasteiger partial charge in [-0.05, 0) is 37.8 Å². The highest BCUT2D eigenvalue weighted by Crippen LogP contribution is 2.40. The van der Waals surface area contributed by atoms with Gasteiger partial charge in [-0.15, -0.1) is 11.8 Å². The molecule has 1 aromatic rings. The van der Waals surface area contributed by atoms with Crippen molar-refractivity contribution in [3.8, 4) is 0 Å². The summed E-state index contributed by atoms with van der Waals surface area (Å²) in [7, 11) is 0. The highest BCUT2D eigenvalue weighted by molar-refractivity contribution is 8.00. The molecule has 17 heavy (non-hydrogen) atoms. The van der Waals surface area contributed by atoms with Gasteiger partial charge in [0.2, 0.25) is 0 Å². The van der Waals surface area contributed by atoms with Crippen molar-refractivity contribution in [1.82, 2.24) is 0 Å². The molecule has 1 fully saturated rings. The van der Waals surface area contributed by atoms with E-state index in [1.54, 1.807) is 0 Å². The van der Waals surface area contributed by atoms with Crippen molar-refractivity contribution in [3.05, 3.63) is 23.7 Å². The summed E-state index contributed by atoms with van der Waals surface area (Å²) in [5.74, 6) is 2.90. The van der Waals surface area contributed by atoms with Crippen molar-refractivity contribution >= 4 is 11.8 Å². The molecule has 3 heteroatoms. The molecule has 0 radical (unpaired) electrons. The highest BCUT2D eigenvalue weighted by Gasteiger charge is 2.24. The van der Waals surface area contributed by atoms with E-state index < -0.39 is 0 Å². The van der Waals surface area contributed by atoms with E-state index in [2.05, 4.69) is 13.0 Å². The van der Waals surface area contributed by atoms with E-state index in [4.69, 9.17) is 10.2 Å². The zero-order valence-electron chi connectivity index (χ0n) is 10.8. The molecule has 2 rings (SSSR count). The Hall–Kier alpha value is -0.410. The first-order valence-electron chi connectivity index (χ1n) is 6.61. The molecule has 96 valence electrons. The van der Waals surface area contributed by atoms with Crippen molar-refractivity contribution in [2.24, 2.45) is 11.7 Å². The predicted octanol–water partition coefficient (Wildman–Crippen LogP) is 3.90. The third-order valence-corrected chi connectivity index (χ3v) is 5.10.